The third-order valence-electron chi connectivity index (χ3n) is 2.85. The van der Waals surface area contributed by atoms with E-state index in [0.29, 0.717) is 0 Å². The van der Waals surface area contributed by atoms with Crippen molar-refractivity contribution >= 4 is 23.2 Å². The SMILES string of the molecule is Fc1ccc(C(Cl)Cc2c(F)cccc2Cl)c(F)c1F. The molecule has 2 aromatic rings. The third-order valence-corrected chi connectivity index (χ3v) is 3.59. The van der Waals surface area contributed by atoms with Gasteiger partial charge in [-0.2, -0.15) is 0 Å². The van der Waals surface area contributed by atoms with Crippen LogP contribution < -0.4 is 0 Å². The molecule has 1 atom stereocenters. The van der Waals surface area contributed by atoms with Crippen LogP contribution in [0.3, 0.4) is 0 Å². The van der Waals surface area contributed by atoms with Crippen molar-refractivity contribution in [3.05, 3.63) is 69.8 Å². The molecular formula is C14H8Cl2F4. The van der Waals surface area contributed by atoms with Crippen LogP contribution in [0.2, 0.25) is 5.02 Å². The van der Waals surface area contributed by atoms with E-state index in [-0.39, 0.29) is 22.6 Å². The first kappa shape index (κ1) is 15.1. The second-order valence-corrected chi connectivity index (χ2v) is 5.07. The summed E-state index contributed by atoms with van der Waals surface area (Å²) in [6, 6.07) is 5.87. The zero-order valence-electron chi connectivity index (χ0n) is 9.94. The van der Waals surface area contributed by atoms with Crippen LogP contribution in [0.4, 0.5) is 17.6 Å². The highest BCUT2D eigenvalue weighted by Crippen LogP contribution is 2.32. The minimum absolute atomic E-state index is 0.0956. The lowest BCUT2D eigenvalue weighted by atomic mass is 10.0. The molecule has 0 fully saturated rings. The summed E-state index contributed by atoms with van der Waals surface area (Å²) in [6.45, 7) is 0. The Morgan fingerprint density at radius 3 is 2.25 bits per heavy atom. The van der Waals surface area contributed by atoms with Crippen molar-refractivity contribution in [2.45, 2.75) is 11.8 Å². The summed E-state index contributed by atoms with van der Waals surface area (Å²) < 4.78 is 53.2. The summed E-state index contributed by atoms with van der Waals surface area (Å²) in [5.41, 5.74) is -0.150. The highest BCUT2D eigenvalue weighted by Gasteiger charge is 2.21. The zero-order valence-corrected chi connectivity index (χ0v) is 11.5. The summed E-state index contributed by atoms with van der Waals surface area (Å²) in [7, 11) is 0. The molecule has 0 N–H and O–H groups in total. The Morgan fingerprint density at radius 1 is 0.900 bits per heavy atom. The molecule has 0 heterocycles. The van der Waals surface area contributed by atoms with Gasteiger partial charge in [-0.25, -0.2) is 17.6 Å². The Balaban J connectivity index is 2.34. The molecule has 0 aliphatic heterocycles. The smallest absolute Gasteiger partial charge is 0.194 e. The third kappa shape index (κ3) is 2.91. The minimum Gasteiger partial charge on any atom is -0.207 e. The molecule has 6 heteroatoms. The zero-order chi connectivity index (χ0) is 14.9. The van der Waals surface area contributed by atoms with Gasteiger partial charge in [-0.3, -0.25) is 0 Å². The van der Waals surface area contributed by atoms with Crippen molar-refractivity contribution in [2.24, 2.45) is 0 Å². The summed E-state index contributed by atoms with van der Waals surface area (Å²) in [6.07, 6.45) is -0.144. The highest BCUT2D eigenvalue weighted by molar-refractivity contribution is 6.31. The van der Waals surface area contributed by atoms with Crippen LogP contribution in [0.15, 0.2) is 30.3 Å². The van der Waals surface area contributed by atoms with Gasteiger partial charge in [0.25, 0.3) is 0 Å². The molecule has 20 heavy (non-hydrogen) atoms. The molecule has 0 saturated heterocycles. The van der Waals surface area contributed by atoms with Gasteiger partial charge in [0.05, 0.1) is 5.38 Å². The molecule has 1 unspecified atom stereocenters. The first-order valence-corrected chi connectivity index (χ1v) is 6.43. The standard InChI is InChI=1S/C14H8Cl2F4/c15-9-2-1-3-11(17)8(9)6-10(16)7-4-5-12(18)14(20)13(7)19/h1-5,10H,6H2. The highest BCUT2D eigenvalue weighted by atomic mass is 35.5. The van der Waals surface area contributed by atoms with E-state index >= 15 is 0 Å². The second kappa shape index (κ2) is 6.02. The van der Waals surface area contributed by atoms with Crippen LogP contribution in [0.1, 0.15) is 16.5 Å². The van der Waals surface area contributed by atoms with Crippen molar-refractivity contribution in [1.82, 2.24) is 0 Å². The molecule has 0 nitrogen and oxygen atoms in total. The lowest BCUT2D eigenvalue weighted by Gasteiger charge is -2.13. The van der Waals surface area contributed by atoms with Gasteiger partial charge in [-0.1, -0.05) is 23.7 Å². The first-order chi connectivity index (χ1) is 9.41. The quantitative estimate of drug-likeness (QED) is 0.402. The Labute approximate surface area is 122 Å². The van der Waals surface area contributed by atoms with Crippen LogP contribution in [0.25, 0.3) is 0 Å². The molecule has 0 amide bonds. The summed E-state index contributed by atoms with van der Waals surface area (Å²) >= 11 is 11.8. The van der Waals surface area contributed by atoms with Gasteiger partial charge in [0, 0.05) is 16.1 Å². The average molecular weight is 323 g/mol. The molecule has 2 rings (SSSR count). The first-order valence-electron chi connectivity index (χ1n) is 5.62. The normalized spacial score (nSPS) is 12.5. The van der Waals surface area contributed by atoms with Gasteiger partial charge < -0.3 is 0 Å². The van der Waals surface area contributed by atoms with Crippen LogP contribution in [-0.4, -0.2) is 0 Å². The minimum atomic E-state index is -1.60. The van der Waals surface area contributed by atoms with Gasteiger partial charge in [-0.05, 0) is 24.6 Å². The maximum Gasteiger partial charge on any atom is 0.194 e. The van der Waals surface area contributed by atoms with Gasteiger partial charge in [0.2, 0.25) is 0 Å². The fourth-order valence-electron chi connectivity index (χ4n) is 1.80. The summed E-state index contributed by atoms with van der Waals surface area (Å²) in [5.74, 6) is -4.88. The van der Waals surface area contributed by atoms with E-state index in [1.807, 2.05) is 0 Å². The largest absolute Gasteiger partial charge is 0.207 e. The monoisotopic (exact) mass is 322 g/mol. The Kier molecular flexibility index (Phi) is 4.55. The maximum atomic E-state index is 13.6. The van der Waals surface area contributed by atoms with E-state index < -0.39 is 28.6 Å². The van der Waals surface area contributed by atoms with Crippen molar-refractivity contribution in [1.29, 1.82) is 0 Å². The molecular weight excluding hydrogens is 315 g/mol. The fourth-order valence-corrected chi connectivity index (χ4v) is 2.36. The van der Waals surface area contributed by atoms with Gasteiger partial charge >= 0.3 is 0 Å². The Morgan fingerprint density at radius 2 is 1.60 bits per heavy atom. The lowest BCUT2D eigenvalue weighted by Crippen LogP contribution is -2.04. The van der Waals surface area contributed by atoms with Crippen LogP contribution in [-0.2, 0) is 6.42 Å². The topological polar surface area (TPSA) is 0 Å². The number of hydrogen-bond donors (Lipinski definition) is 0. The van der Waals surface area contributed by atoms with Crippen molar-refractivity contribution in [3.63, 3.8) is 0 Å². The van der Waals surface area contributed by atoms with E-state index in [2.05, 4.69) is 0 Å². The van der Waals surface area contributed by atoms with E-state index in [1.54, 1.807) is 0 Å². The molecule has 2 aromatic carbocycles. The Hall–Kier alpha value is -1.26. The van der Waals surface area contributed by atoms with E-state index in [9.17, 15) is 17.6 Å². The molecule has 0 bridgehead atoms. The predicted molar refractivity (Wildman–Crippen MR) is 70.0 cm³/mol. The molecule has 0 aliphatic rings. The molecule has 0 saturated carbocycles. The van der Waals surface area contributed by atoms with Crippen molar-refractivity contribution in [3.8, 4) is 0 Å². The molecule has 0 aromatic heterocycles. The number of benzene rings is 2. The van der Waals surface area contributed by atoms with E-state index in [4.69, 9.17) is 23.2 Å². The van der Waals surface area contributed by atoms with Gasteiger partial charge in [-0.15, -0.1) is 11.6 Å². The van der Waals surface area contributed by atoms with Crippen LogP contribution >= 0.6 is 23.2 Å². The molecule has 0 spiro atoms. The summed E-state index contributed by atoms with van der Waals surface area (Å²) in [5, 5.41) is -0.932. The van der Waals surface area contributed by atoms with Crippen LogP contribution in [0.5, 0.6) is 0 Å². The molecule has 0 aliphatic carbocycles. The number of alkyl halides is 1. The number of rotatable bonds is 3. The van der Waals surface area contributed by atoms with Gasteiger partial charge in [0.1, 0.15) is 5.82 Å². The molecule has 106 valence electrons. The molecule has 0 radical (unpaired) electrons. The van der Waals surface area contributed by atoms with Crippen LogP contribution in [0, 0.1) is 23.3 Å². The average Bonchev–Trinajstić information content (AvgIpc) is 2.40. The van der Waals surface area contributed by atoms with E-state index in [1.165, 1.54) is 18.2 Å². The lowest BCUT2D eigenvalue weighted by molar-refractivity contribution is 0.440. The predicted octanol–water partition coefficient (Wildman–Crippen LogP) is 5.42. The maximum absolute atomic E-state index is 13.6. The second-order valence-electron chi connectivity index (χ2n) is 4.14. The van der Waals surface area contributed by atoms with Gasteiger partial charge in [0.15, 0.2) is 17.5 Å². The van der Waals surface area contributed by atoms with E-state index in [0.717, 1.165) is 12.1 Å². The summed E-state index contributed by atoms with van der Waals surface area (Å²) in [4.78, 5) is 0. The fraction of sp³-hybridized carbons (Fsp3) is 0.143. The Bertz CT molecular complexity index is 623. The number of hydrogen-bond acceptors (Lipinski definition) is 0. The van der Waals surface area contributed by atoms with Crippen molar-refractivity contribution in [2.75, 3.05) is 0 Å². The number of halogens is 6. The van der Waals surface area contributed by atoms with Crippen molar-refractivity contribution < 1.29 is 17.6 Å².